The van der Waals surface area contributed by atoms with E-state index in [1.807, 2.05) is 0 Å². The van der Waals surface area contributed by atoms with E-state index in [9.17, 15) is 5.11 Å². The van der Waals surface area contributed by atoms with Gasteiger partial charge in [0, 0.05) is 24.5 Å². The van der Waals surface area contributed by atoms with Crippen LogP contribution in [0.25, 0.3) is 0 Å². The Hall–Kier alpha value is -0.0800. The van der Waals surface area contributed by atoms with Gasteiger partial charge in [-0.2, -0.15) is 0 Å². The largest absolute Gasteiger partial charge is 0.391 e. The maximum Gasteiger partial charge on any atom is 0.0730 e. The van der Waals surface area contributed by atoms with Crippen LogP contribution >= 0.6 is 0 Å². The zero-order valence-corrected chi connectivity index (χ0v) is 7.38. The van der Waals surface area contributed by atoms with Crippen molar-refractivity contribution in [3.8, 4) is 0 Å². The monoisotopic (exact) mass is 155 g/mol. The number of aliphatic hydroxyl groups is 1. The smallest absolute Gasteiger partial charge is 0.0730 e. The molecule has 0 unspecified atom stereocenters. The highest BCUT2D eigenvalue weighted by atomic mass is 16.3. The van der Waals surface area contributed by atoms with Gasteiger partial charge in [0.05, 0.1) is 6.10 Å². The Bertz CT molecular complexity index is 163. The lowest BCUT2D eigenvalue weighted by Crippen LogP contribution is -2.26. The van der Waals surface area contributed by atoms with Gasteiger partial charge in [-0.1, -0.05) is 13.8 Å². The minimum absolute atomic E-state index is 0.108. The fraction of sp³-hybridized carbons (Fsp3) is 1.00. The highest BCUT2D eigenvalue weighted by Crippen LogP contribution is 2.37. The van der Waals surface area contributed by atoms with Gasteiger partial charge in [0.15, 0.2) is 0 Å². The van der Waals surface area contributed by atoms with Crippen molar-refractivity contribution in [2.75, 3.05) is 13.1 Å². The molecule has 11 heavy (non-hydrogen) atoms. The van der Waals surface area contributed by atoms with Gasteiger partial charge in [0.1, 0.15) is 0 Å². The van der Waals surface area contributed by atoms with E-state index in [1.165, 1.54) is 12.8 Å². The lowest BCUT2D eigenvalue weighted by Gasteiger charge is -2.20. The second-order valence-corrected chi connectivity index (χ2v) is 4.66. The van der Waals surface area contributed by atoms with Crippen LogP contribution in [0.4, 0.5) is 0 Å². The minimum atomic E-state index is -0.108. The van der Waals surface area contributed by atoms with E-state index >= 15 is 0 Å². The molecule has 1 saturated carbocycles. The van der Waals surface area contributed by atoms with E-state index in [0.29, 0.717) is 0 Å². The summed E-state index contributed by atoms with van der Waals surface area (Å²) < 4.78 is 0. The maximum atomic E-state index is 9.66. The van der Waals surface area contributed by atoms with Crippen molar-refractivity contribution in [3.05, 3.63) is 0 Å². The number of aliphatic hydroxyl groups excluding tert-OH is 1. The number of likely N-dealkylation sites (tertiary alicyclic amines) is 1. The van der Waals surface area contributed by atoms with Crippen LogP contribution < -0.4 is 0 Å². The van der Waals surface area contributed by atoms with Crippen molar-refractivity contribution >= 4 is 0 Å². The Morgan fingerprint density at radius 1 is 1.36 bits per heavy atom. The molecule has 2 fully saturated rings. The molecule has 0 amide bonds. The summed E-state index contributed by atoms with van der Waals surface area (Å²) >= 11 is 0. The Kier molecular flexibility index (Phi) is 1.52. The van der Waals surface area contributed by atoms with Crippen molar-refractivity contribution < 1.29 is 5.11 Å². The molecule has 0 radical (unpaired) electrons. The van der Waals surface area contributed by atoms with Crippen LogP contribution in [0.3, 0.4) is 0 Å². The first-order chi connectivity index (χ1) is 5.09. The average Bonchev–Trinajstić information content (AvgIpc) is 2.63. The maximum absolute atomic E-state index is 9.66. The van der Waals surface area contributed by atoms with Crippen LogP contribution in [0.15, 0.2) is 0 Å². The summed E-state index contributed by atoms with van der Waals surface area (Å²) in [6.07, 6.45) is 2.59. The quantitative estimate of drug-likeness (QED) is 0.607. The Morgan fingerprint density at radius 3 is 2.36 bits per heavy atom. The topological polar surface area (TPSA) is 23.5 Å². The van der Waals surface area contributed by atoms with E-state index < -0.39 is 0 Å². The molecule has 0 aromatic rings. The zero-order chi connectivity index (χ0) is 8.06. The summed E-state index contributed by atoms with van der Waals surface area (Å²) in [5.41, 5.74) is 0.128. The first-order valence-corrected chi connectivity index (χ1v) is 4.52. The van der Waals surface area contributed by atoms with Gasteiger partial charge < -0.3 is 5.11 Å². The molecule has 1 N–H and O–H groups in total. The van der Waals surface area contributed by atoms with Crippen LogP contribution in [0, 0.1) is 5.41 Å². The molecule has 0 aromatic carbocycles. The molecule has 64 valence electrons. The van der Waals surface area contributed by atoms with E-state index in [2.05, 4.69) is 18.7 Å². The minimum Gasteiger partial charge on any atom is -0.391 e. The summed E-state index contributed by atoms with van der Waals surface area (Å²) in [7, 11) is 0. The SMILES string of the molecule is CC1(C)CN(C2CC2)C[C@H]1O. The van der Waals surface area contributed by atoms with Crippen LogP contribution in [0.1, 0.15) is 26.7 Å². The van der Waals surface area contributed by atoms with Crippen LogP contribution in [0.5, 0.6) is 0 Å². The molecule has 1 aliphatic heterocycles. The molecule has 0 aromatic heterocycles. The van der Waals surface area contributed by atoms with E-state index in [1.54, 1.807) is 0 Å². The molecule has 1 heterocycles. The number of nitrogens with zero attached hydrogens (tertiary/aromatic N) is 1. The fourth-order valence-corrected chi connectivity index (χ4v) is 1.88. The second kappa shape index (κ2) is 2.20. The molecule has 1 atom stereocenters. The number of β-amino-alcohol motifs (C(OH)–C–C–N with tert-alkyl or cyclic N) is 1. The number of hydrogen-bond donors (Lipinski definition) is 1. The highest BCUT2D eigenvalue weighted by Gasteiger charge is 2.43. The van der Waals surface area contributed by atoms with Crippen LogP contribution in [-0.2, 0) is 0 Å². The molecular formula is C9H17NO. The summed E-state index contributed by atoms with van der Waals surface area (Å²) in [4.78, 5) is 2.44. The van der Waals surface area contributed by atoms with Crippen molar-refractivity contribution in [1.29, 1.82) is 0 Å². The normalized spacial score (nSPS) is 37.9. The first-order valence-electron chi connectivity index (χ1n) is 4.52. The molecule has 2 heteroatoms. The standard InChI is InChI=1S/C9H17NO/c1-9(2)6-10(5-8(9)11)7-3-4-7/h7-8,11H,3-6H2,1-2H3/t8-/m1/s1. The fourth-order valence-electron chi connectivity index (χ4n) is 1.88. The van der Waals surface area contributed by atoms with Crippen LogP contribution in [0.2, 0.25) is 0 Å². The Morgan fingerprint density at radius 2 is 2.00 bits per heavy atom. The lowest BCUT2D eigenvalue weighted by atomic mass is 9.90. The summed E-state index contributed by atoms with van der Waals surface area (Å²) in [5, 5.41) is 9.66. The molecule has 2 rings (SSSR count). The summed E-state index contributed by atoms with van der Waals surface area (Å²) in [6, 6.07) is 0.812. The van der Waals surface area contributed by atoms with Gasteiger partial charge in [-0.05, 0) is 12.8 Å². The van der Waals surface area contributed by atoms with Gasteiger partial charge in [-0.3, -0.25) is 4.90 Å². The third kappa shape index (κ3) is 1.30. The number of rotatable bonds is 1. The molecule has 2 nitrogen and oxygen atoms in total. The Labute approximate surface area is 68.2 Å². The average molecular weight is 155 g/mol. The second-order valence-electron chi connectivity index (χ2n) is 4.66. The van der Waals surface area contributed by atoms with Crippen molar-refractivity contribution in [2.24, 2.45) is 5.41 Å². The van der Waals surface area contributed by atoms with Crippen molar-refractivity contribution in [3.63, 3.8) is 0 Å². The van der Waals surface area contributed by atoms with E-state index in [4.69, 9.17) is 0 Å². The van der Waals surface area contributed by atoms with E-state index in [0.717, 1.165) is 19.1 Å². The summed E-state index contributed by atoms with van der Waals surface area (Å²) in [6.45, 7) is 6.29. The van der Waals surface area contributed by atoms with Gasteiger partial charge in [-0.15, -0.1) is 0 Å². The van der Waals surface area contributed by atoms with Gasteiger partial charge in [-0.25, -0.2) is 0 Å². The summed E-state index contributed by atoms with van der Waals surface area (Å²) in [5.74, 6) is 0. The molecule has 0 bridgehead atoms. The predicted octanol–water partition coefficient (Wildman–Crippen LogP) is 0.852. The molecule has 2 aliphatic rings. The van der Waals surface area contributed by atoms with E-state index in [-0.39, 0.29) is 11.5 Å². The molecule has 1 aliphatic carbocycles. The molecule has 0 spiro atoms. The van der Waals surface area contributed by atoms with Crippen LogP contribution in [-0.4, -0.2) is 35.2 Å². The van der Waals surface area contributed by atoms with Gasteiger partial charge >= 0.3 is 0 Å². The lowest BCUT2D eigenvalue weighted by molar-refractivity contribution is 0.0954. The number of hydrogen-bond acceptors (Lipinski definition) is 2. The molecule has 1 saturated heterocycles. The predicted molar refractivity (Wildman–Crippen MR) is 44.4 cm³/mol. The van der Waals surface area contributed by atoms with Gasteiger partial charge in [0.25, 0.3) is 0 Å². The van der Waals surface area contributed by atoms with Crippen molar-refractivity contribution in [2.45, 2.75) is 38.8 Å². The third-order valence-corrected chi connectivity index (χ3v) is 2.98. The van der Waals surface area contributed by atoms with Crippen molar-refractivity contribution in [1.82, 2.24) is 4.90 Å². The third-order valence-electron chi connectivity index (χ3n) is 2.98. The first kappa shape index (κ1) is 7.56. The zero-order valence-electron chi connectivity index (χ0n) is 7.38. The van der Waals surface area contributed by atoms with Gasteiger partial charge in [0.2, 0.25) is 0 Å². The molecular weight excluding hydrogens is 138 g/mol. The Balaban J connectivity index is 1.99. The highest BCUT2D eigenvalue weighted by molar-refractivity contribution is 4.97.